The van der Waals surface area contributed by atoms with E-state index >= 15 is 0 Å². The number of ether oxygens (including phenoxy) is 3. The van der Waals surface area contributed by atoms with Crippen LogP contribution in [-0.2, 0) is 41.6 Å². The molecule has 1 saturated heterocycles. The molecule has 14 heteroatoms. The minimum Gasteiger partial charge on any atom is -0.464 e. The lowest BCUT2D eigenvalue weighted by molar-refractivity contribution is -0.156. The Morgan fingerprint density at radius 1 is 1.21 bits per heavy atom. The topological polar surface area (TPSA) is 149 Å². The van der Waals surface area contributed by atoms with Crippen LogP contribution >= 0.6 is 11.3 Å². The van der Waals surface area contributed by atoms with Crippen LogP contribution in [0.3, 0.4) is 0 Å². The number of thiazole rings is 1. The molecule has 1 unspecified atom stereocenters. The fourth-order valence-electron chi connectivity index (χ4n) is 8.73. The molecule has 1 aromatic carbocycles. The van der Waals surface area contributed by atoms with E-state index in [9.17, 15) is 14.4 Å². The van der Waals surface area contributed by atoms with Crippen LogP contribution in [0.25, 0.3) is 27.7 Å². The molecule has 1 saturated carbocycles. The van der Waals surface area contributed by atoms with E-state index < -0.39 is 35.5 Å². The number of nitrogens with one attached hydrogen (secondary N) is 2. The standard InChI is InChI=1S/C47H59N7O6S/c1-10-32(39(48-11-2)29(6)58-9)41-34-23-47(7,8)26-60-46(57)35-17-15-21-54(52-35)45(56)40(51-43(55)38-27(4)28(38)5)42(59-12-3)44-50-36(25-61-44)30-18-19-37(33(34)22-30)53(41)24-31-16-13-14-20-49-31/h10-11,13-14,16,18-20,22,25,27-29,35,38,40,42,52H,1,12,15,17,21,23-24,26H2,2-9H3,(H,51,55)/b39-32+,48-11?/t27-,28+,29-,35-,38?,40-,42-/m0/s1. The molecule has 13 nitrogen and oxygen atoms in total. The largest absolute Gasteiger partial charge is 0.464 e. The minimum atomic E-state index is -1.10. The number of amides is 2. The molecular formula is C47H59N7O6S. The minimum absolute atomic E-state index is 0.115. The van der Waals surface area contributed by atoms with E-state index in [4.69, 9.17) is 29.2 Å². The summed E-state index contributed by atoms with van der Waals surface area (Å²) in [4.78, 5) is 57.0. The molecule has 3 aromatic heterocycles. The molecular weight excluding hydrogens is 791 g/mol. The summed E-state index contributed by atoms with van der Waals surface area (Å²) in [7, 11) is 1.67. The Morgan fingerprint density at radius 2 is 2.00 bits per heavy atom. The molecule has 2 aliphatic heterocycles. The Labute approximate surface area is 362 Å². The van der Waals surface area contributed by atoms with Crippen molar-refractivity contribution in [1.82, 2.24) is 30.3 Å². The maximum atomic E-state index is 14.6. The van der Waals surface area contributed by atoms with Gasteiger partial charge in [-0.3, -0.25) is 29.4 Å². The lowest BCUT2D eigenvalue weighted by atomic mass is 9.84. The van der Waals surface area contributed by atoms with Gasteiger partial charge in [0.15, 0.2) is 0 Å². The van der Waals surface area contributed by atoms with Gasteiger partial charge in [-0.05, 0) is 81.7 Å². The predicted molar refractivity (Wildman–Crippen MR) is 239 cm³/mol. The number of rotatable bonds is 11. The van der Waals surface area contributed by atoms with Gasteiger partial charge in [0.2, 0.25) is 5.91 Å². The molecule has 3 aliphatic rings. The van der Waals surface area contributed by atoms with Crippen LogP contribution in [0.1, 0.15) is 89.4 Å². The number of fused-ring (bicyclic) bond motifs is 6. The van der Waals surface area contributed by atoms with Gasteiger partial charge in [-0.2, -0.15) is 0 Å². The van der Waals surface area contributed by atoms with Crippen molar-refractivity contribution in [3.8, 4) is 11.3 Å². The summed E-state index contributed by atoms with van der Waals surface area (Å²) in [6.45, 7) is 19.5. The van der Waals surface area contributed by atoms with Crippen molar-refractivity contribution in [3.63, 3.8) is 0 Å². The summed E-state index contributed by atoms with van der Waals surface area (Å²) in [6.07, 6.45) is 5.74. The van der Waals surface area contributed by atoms with Gasteiger partial charge >= 0.3 is 5.97 Å². The van der Waals surface area contributed by atoms with Gasteiger partial charge in [-0.25, -0.2) is 10.4 Å². The number of aliphatic imine (C=N–C) groups is 1. The van der Waals surface area contributed by atoms with E-state index in [1.165, 1.54) is 16.3 Å². The van der Waals surface area contributed by atoms with Crippen molar-refractivity contribution in [2.75, 3.05) is 26.9 Å². The van der Waals surface area contributed by atoms with Gasteiger partial charge in [0.05, 0.1) is 42.0 Å². The molecule has 6 bridgehead atoms. The highest BCUT2D eigenvalue weighted by Crippen LogP contribution is 2.46. The Hall–Kier alpha value is -5.02. The average Bonchev–Trinajstić information content (AvgIpc) is 3.52. The number of pyridine rings is 1. The molecule has 324 valence electrons. The fourth-order valence-corrected chi connectivity index (χ4v) is 9.64. The van der Waals surface area contributed by atoms with Gasteiger partial charge in [0, 0.05) is 71.4 Å². The van der Waals surface area contributed by atoms with Crippen molar-refractivity contribution in [2.24, 2.45) is 28.2 Å². The van der Waals surface area contributed by atoms with Gasteiger partial charge < -0.3 is 24.1 Å². The van der Waals surface area contributed by atoms with Crippen LogP contribution in [0.15, 0.2) is 71.3 Å². The molecule has 2 fully saturated rings. The molecule has 4 aromatic rings. The summed E-state index contributed by atoms with van der Waals surface area (Å²) in [5.74, 6) is -0.827. The zero-order chi connectivity index (χ0) is 43.6. The van der Waals surface area contributed by atoms with Crippen LogP contribution in [0.5, 0.6) is 0 Å². The normalized spacial score (nSPS) is 25.1. The molecule has 5 heterocycles. The van der Waals surface area contributed by atoms with E-state index in [1.807, 2.05) is 64.3 Å². The number of methoxy groups -OCH3 is 1. The quantitative estimate of drug-likeness (QED) is 0.0900. The molecule has 7 atom stereocenters. The molecule has 0 radical (unpaired) electrons. The number of cyclic esters (lactones) is 1. The Kier molecular flexibility index (Phi) is 13.4. The lowest BCUT2D eigenvalue weighted by Crippen LogP contribution is -2.61. The fraction of sp³-hybridized carbons (Fsp3) is 0.489. The number of allylic oxidation sites excluding steroid dienone is 2. The lowest BCUT2D eigenvalue weighted by Gasteiger charge is -2.37. The first-order valence-corrected chi connectivity index (χ1v) is 22.2. The Bertz CT molecular complexity index is 2320. The second-order valence-corrected chi connectivity index (χ2v) is 18.1. The number of hydrogen-bond donors (Lipinski definition) is 2. The smallest absolute Gasteiger partial charge is 0.324 e. The van der Waals surface area contributed by atoms with Crippen molar-refractivity contribution < 1.29 is 28.6 Å². The Balaban J connectivity index is 1.45. The van der Waals surface area contributed by atoms with Crippen molar-refractivity contribution in [1.29, 1.82) is 0 Å². The van der Waals surface area contributed by atoms with E-state index in [0.29, 0.717) is 43.1 Å². The first kappa shape index (κ1) is 44.0. The summed E-state index contributed by atoms with van der Waals surface area (Å²) in [5, 5.41) is 8.06. The zero-order valence-electron chi connectivity index (χ0n) is 36.6. The number of hydrazine groups is 1. The number of aromatic nitrogens is 3. The number of carbonyl (C=O) groups excluding carboxylic acids is 3. The number of benzene rings is 1. The van der Waals surface area contributed by atoms with Crippen molar-refractivity contribution in [3.05, 3.63) is 88.3 Å². The number of hydrogen-bond acceptors (Lipinski definition) is 11. The maximum Gasteiger partial charge on any atom is 0.324 e. The van der Waals surface area contributed by atoms with Crippen LogP contribution in [0.2, 0.25) is 0 Å². The van der Waals surface area contributed by atoms with Gasteiger partial charge in [-0.15, -0.1) is 11.3 Å². The highest BCUT2D eigenvalue weighted by Gasteiger charge is 2.50. The van der Waals surface area contributed by atoms with Gasteiger partial charge in [0.1, 0.15) is 23.2 Å². The zero-order valence-corrected chi connectivity index (χ0v) is 37.4. The van der Waals surface area contributed by atoms with Crippen molar-refractivity contribution in [2.45, 2.75) is 98.6 Å². The summed E-state index contributed by atoms with van der Waals surface area (Å²) >= 11 is 1.39. The van der Waals surface area contributed by atoms with E-state index in [1.54, 1.807) is 19.5 Å². The molecule has 1 aliphatic carbocycles. The first-order chi connectivity index (χ1) is 29.3. The number of nitrogens with zero attached hydrogens (tertiary/aromatic N) is 5. The summed E-state index contributed by atoms with van der Waals surface area (Å²) in [5.41, 5.74) is 9.53. The van der Waals surface area contributed by atoms with E-state index in [-0.39, 0.29) is 43.0 Å². The van der Waals surface area contributed by atoms with Crippen LogP contribution < -0.4 is 10.7 Å². The second-order valence-electron chi connectivity index (χ2n) is 17.2. The summed E-state index contributed by atoms with van der Waals surface area (Å²) < 4.78 is 20.6. The highest BCUT2D eigenvalue weighted by molar-refractivity contribution is 7.10. The maximum absolute atomic E-state index is 14.6. The Morgan fingerprint density at radius 3 is 2.67 bits per heavy atom. The third kappa shape index (κ3) is 9.13. The van der Waals surface area contributed by atoms with Crippen LogP contribution in [0, 0.1) is 23.2 Å². The number of carbonyl (C=O) groups is 3. The molecule has 7 rings (SSSR count). The van der Waals surface area contributed by atoms with E-state index in [2.05, 4.69) is 53.9 Å². The average molecular weight is 850 g/mol. The van der Waals surface area contributed by atoms with E-state index in [0.717, 1.165) is 44.7 Å². The third-order valence-corrected chi connectivity index (χ3v) is 13.3. The SMILES string of the molecule is C=C/C(=C(\N=CC)[C@H](C)OC)c1c2c3cc(ccc3n1Cc1ccccn1)-c1csc(n1)[C@@H](OCC)[C@H](NC(=O)C1[C@@H](C)[C@H]1C)C(=O)N1CCC[C@H](N1)C(=O)OCC(C)(C)C2. The monoisotopic (exact) mass is 849 g/mol. The second kappa shape index (κ2) is 18.5. The molecule has 61 heavy (non-hydrogen) atoms. The molecule has 2 amide bonds. The first-order valence-electron chi connectivity index (χ1n) is 21.4. The van der Waals surface area contributed by atoms with Crippen LogP contribution in [-0.4, -0.2) is 88.6 Å². The predicted octanol–water partition coefficient (Wildman–Crippen LogP) is 7.32. The highest BCUT2D eigenvalue weighted by atomic mass is 32.1. The summed E-state index contributed by atoms with van der Waals surface area (Å²) in [6, 6.07) is 10.4. The molecule has 0 spiro atoms. The van der Waals surface area contributed by atoms with Gasteiger partial charge in [0.25, 0.3) is 5.91 Å². The van der Waals surface area contributed by atoms with Gasteiger partial charge in [-0.1, -0.05) is 52.5 Å². The third-order valence-electron chi connectivity index (χ3n) is 12.4. The molecule has 2 N–H and O–H groups in total. The van der Waals surface area contributed by atoms with Crippen LogP contribution in [0.4, 0.5) is 0 Å². The van der Waals surface area contributed by atoms with Crippen molar-refractivity contribution >= 4 is 51.8 Å². The number of esters is 1.